The third kappa shape index (κ3) is 4.73. The molecule has 1 atom stereocenters. The molecule has 1 aliphatic rings. The summed E-state index contributed by atoms with van der Waals surface area (Å²) in [7, 11) is 1.60. The van der Waals surface area contributed by atoms with Gasteiger partial charge in [0.25, 0.3) is 0 Å². The summed E-state index contributed by atoms with van der Waals surface area (Å²) in [6.45, 7) is 4.69. The number of aliphatic hydroxyl groups is 1. The van der Waals surface area contributed by atoms with Crippen molar-refractivity contribution in [2.45, 2.75) is 25.6 Å². The number of nitrogens with zero attached hydrogens (tertiary/aromatic N) is 2. The van der Waals surface area contributed by atoms with Gasteiger partial charge in [-0.1, -0.05) is 12.1 Å². The maximum atomic E-state index is 10.2. The molecule has 1 aromatic heterocycles. The van der Waals surface area contributed by atoms with E-state index in [1.807, 2.05) is 12.1 Å². The number of methoxy groups -OCH3 is 1. The van der Waals surface area contributed by atoms with Crippen molar-refractivity contribution < 1.29 is 14.9 Å². The Labute approximate surface area is 153 Å². The SMILES string of the molecule is COc1ccc(CN2CCN(Cc3cccs3)[C@@H](CCO)C2)c(O)c1. The van der Waals surface area contributed by atoms with E-state index >= 15 is 0 Å². The zero-order chi connectivity index (χ0) is 17.6. The van der Waals surface area contributed by atoms with Crippen molar-refractivity contribution in [3.63, 3.8) is 0 Å². The van der Waals surface area contributed by atoms with Crippen LogP contribution in [0.4, 0.5) is 0 Å². The van der Waals surface area contributed by atoms with Crippen molar-refractivity contribution in [3.05, 3.63) is 46.2 Å². The molecule has 0 spiro atoms. The Hall–Kier alpha value is -1.60. The van der Waals surface area contributed by atoms with Gasteiger partial charge in [0, 0.05) is 61.9 Å². The van der Waals surface area contributed by atoms with E-state index in [4.69, 9.17) is 4.74 Å². The minimum absolute atomic E-state index is 0.202. The van der Waals surface area contributed by atoms with E-state index in [0.29, 0.717) is 18.3 Å². The first kappa shape index (κ1) is 18.2. The van der Waals surface area contributed by atoms with Crippen molar-refractivity contribution in [2.75, 3.05) is 33.4 Å². The summed E-state index contributed by atoms with van der Waals surface area (Å²) in [4.78, 5) is 6.18. The molecule has 0 saturated carbocycles. The van der Waals surface area contributed by atoms with Crippen LogP contribution in [0, 0.1) is 0 Å². The minimum Gasteiger partial charge on any atom is -0.507 e. The van der Waals surface area contributed by atoms with Crippen molar-refractivity contribution in [3.8, 4) is 11.5 Å². The quantitative estimate of drug-likeness (QED) is 0.793. The van der Waals surface area contributed by atoms with Crippen molar-refractivity contribution in [1.82, 2.24) is 9.80 Å². The van der Waals surface area contributed by atoms with Crippen molar-refractivity contribution >= 4 is 11.3 Å². The molecule has 1 saturated heterocycles. The van der Waals surface area contributed by atoms with E-state index < -0.39 is 0 Å². The number of phenolic OH excluding ortho intramolecular Hbond substituents is 1. The monoisotopic (exact) mass is 362 g/mol. The summed E-state index contributed by atoms with van der Waals surface area (Å²) in [5.41, 5.74) is 0.912. The second-order valence-electron chi connectivity index (χ2n) is 6.45. The number of thiophene rings is 1. The molecule has 6 heteroatoms. The lowest BCUT2D eigenvalue weighted by Crippen LogP contribution is -2.52. The largest absolute Gasteiger partial charge is 0.507 e. The minimum atomic E-state index is 0.202. The second kappa shape index (κ2) is 8.67. The number of benzene rings is 1. The van der Waals surface area contributed by atoms with Crippen LogP contribution in [0.5, 0.6) is 11.5 Å². The number of aliphatic hydroxyl groups excluding tert-OH is 1. The lowest BCUT2D eigenvalue weighted by Gasteiger charge is -2.41. The van der Waals surface area contributed by atoms with Gasteiger partial charge in [0.1, 0.15) is 11.5 Å². The molecule has 5 nitrogen and oxygen atoms in total. The highest BCUT2D eigenvalue weighted by atomic mass is 32.1. The van der Waals surface area contributed by atoms with Crippen LogP contribution < -0.4 is 4.74 Å². The van der Waals surface area contributed by atoms with Crippen LogP contribution in [0.25, 0.3) is 0 Å². The van der Waals surface area contributed by atoms with Crippen LogP contribution in [0.15, 0.2) is 35.7 Å². The summed E-state index contributed by atoms with van der Waals surface area (Å²) in [6.07, 6.45) is 0.774. The molecule has 25 heavy (non-hydrogen) atoms. The van der Waals surface area contributed by atoms with Crippen LogP contribution in [0.2, 0.25) is 0 Å². The number of ether oxygens (including phenoxy) is 1. The zero-order valence-electron chi connectivity index (χ0n) is 14.6. The number of phenols is 1. The summed E-state index contributed by atoms with van der Waals surface area (Å²) in [6, 6.07) is 10.1. The van der Waals surface area contributed by atoms with E-state index in [2.05, 4.69) is 27.3 Å². The maximum absolute atomic E-state index is 10.2. The van der Waals surface area contributed by atoms with Gasteiger partial charge >= 0.3 is 0 Å². The Balaban J connectivity index is 1.63. The molecule has 0 bridgehead atoms. The van der Waals surface area contributed by atoms with Crippen LogP contribution in [-0.4, -0.2) is 59.4 Å². The molecule has 0 aliphatic carbocycles. The smallest absolute Gasteiger partial charge is 0.123 e. The fourth-order valence-electron chi connectivity index (χ4n) is 3.38. The standard InChI is InChI=1S/C19H26N2O3S/c1-24-17-5-4-15(19(23)11-17)12-20-7-8-21(16(13-20)6-9-22)14-18-3-2-10-25-18/h2-5,10-11,16,22-23H,6-9,12-14H2,1H3/t16-/m0/s1. The molecule has 136 valence electrons. The molecule has 2 aromatic rings. The topological polar surface area (TPSA) is 56.2 Å². The Morgan fingerprint density at radius 2 is 2.12 bits per heavy atom. The summed E-state index contributed by atoms with van der Waals surface area (Å²) < 4.78 is 5.15. The summed E-state index contributed by atoms with van der Waals surface area (Å²) in [5.74, 6) is 0.944. The third-order valence-electron chi connectivity index (χ3n) is 4.78. The highest BCUT2D eigenvalue weighted by molar-refractivity contribution is 7.09. The molecule has 1 aliphatic heterocycles. The van der Waals surface area contributed by atoms with Crippen molar-refractivity contribution in [1.29, 1.82) is 0 Å². The predicted molar refractivity (Wildman–Crippen MR) is 100 cm³/mol. The average molecular weight is 362 g/mol. The highest BCUT2D eigenvalue weighted by Crippen LogP contribution is 2.26. The van der Waals surface area contributed by atoms with Crippen molar-refractivity contribution in [2.24, 2.45) is 0 Å². The third-order valence-corrected chi connectivity index (χ3v) is 5.64. The van der Waals surface area contributed by atoms with E-state index in [-0.39, 0.29) is 12.4 Å². The molecule has 2 N–H and O–H groups in total. The second-order valence-corrected chi connectivity index (χ2v) is 7.48. The number of rotatable bonds is 7. The van der Waals surface area contributed by atoms with Gasteiger partial charge < -0.3 is 14.9 Å². The predicted octanol–water partition coefficient (Wildman–Crippen LogP) is 2.53. The molecular weight excluding hydrogens is 336 g/mol. The molecule has 1 aromatic carbocycles. The first-order chi connectivity index (χ1) is 12.2. The normalized spacial score (nSPS) is 19.2. The first-order valence-electron chi connectivity index (χ1n) is 8.65. The van der Waals surface area contributed by atoms with Gasteiger partial charge in [-0.15, -0.1) is 11.3 Å². The number of hydrogen-bond acceptors (Lipinski definition) is 6. The van der Waals surface area contributed by atoms with E-state index in [9.17, 15) is 10.2 Å². The van der Waals surface area contributed by atoms with Gasteiger partial charge in [0.05, 0.1) is 7.11 Å². The lowest BCUT2D eigenvalue weighted by atomic mass is 10.1. The number of piperazine rings is 1. The van der Waals surface area contributed by atoms with Gasteiger partial charge in [0.15, 0.2) is 0 Å². The van der Waals surface area contributed by atoms with E-state index in [1.165, 1.54) is 4.88 Å². The number of aromatic hydroxyl groups is 1. The molecule has 0 radical (unpaired) electrons. The van der Waals surface area contributed by atoms with Gasteiger partial charge in [0.2, 0.25) is 0 Å². The molecule has 1 fully saturated rings. The Morgan fingerprint density at radius 3 is 2.80 bits per heavy atom. The fourth-order valence-corrected chi connectivity index (χ4v) is 4.11. The highest BCUT2D eigenvalue weighted by Gasteiger charge is 2.27. The molecule has 2 heterocycles. The maximum Gasteiger partial charge on any atom is 0.123 e. The average Bonchev–Trinajstić information content (AvgIpc) is 3.12. The Bertz CT molecular complexity index is 663. The first-order valence-corrected chi connectivity index (χ1v) is 9.53. The fraction of sp³-hybridized carbons (Fsp3) is 0.474. The van der Waals surface area contributed by atoms with Gasteiger partial charge in [-0.25, -0.2) is 0 Å². The Morgan fingerprint density at radius 1 is 1.24 bits per heavy atom. The van der Waals surface area contributed by atoms with Crippen LogP contribution >= 0.6 is 11.3 Å². The van der Waals surface area contributed by atoms with E-state index in [0.717, 1.165) is 38.2 Å². The molecule has 0 unspecified atom stereocenters. The van der Waals surface area contributed by atoms with Gasteiger partial charge in [-0.3, -0.25) is 9.80 Å². The van der Waals surface area contributed by atoms with E-state index in [1.54, 1.807) is 24.5 Å². The van der Waals surface area contributed by atoms with Crippen LogP contribution in [0.3, 0.4) is 0 Å². The molecule has 0 amide bonds. The zero-order valence-corrected chi connectivity index (χ0v) is 15.4. The lowest BCUT2D eigenvalue weighted by molar-refractivity contribution is 0.0503. The van der Waals surface area contributed by atoms with Gasteiger partial charge in [-0.05, 0) is 23.9 Å². The number of hydrogen-bond donors (Lipinski definition) is 2. The molecular formula is C19H26N2O3S. The summed E-state index contributed by atoms with van der Waals surface area (Å²) in [5, 5.41) is 21.7. The summed E-state index contributed by atoms with van der Waals surface area (Å²) >= 11 is 1.78. The van der Waals surface area contributed by atoms with Crippen LogP contribution in [-0.2, 0) is 13.1 Å². The Kier molecular flexibility index (Phi) is 6.31. The molecule has 3 rings (SSSR count). The van der Waals surface area contributed by atoms with Crippen LogP contribution in [0.1, 0.15) is 16.9 Å². The van der Waals surface area contributed by atoms with Gasteiger partial charge in [-0.2, -0.15) is 0 Å².